The lowest BCUT2D eigenvalue weighted by molar-refractivity contribution is -0.117. The summed E-state index contributed by atoms with van der Waals surface area (Å²) in [6.07, 6.45) is -0.481. The number of carbonyl (C=O) groups excluding carboxylic acids is 1. The van der Waals surface area contributed by atoms with Crippen LogP contribution in [0.1, 0.15) is 17.3 Å². The van der Waals surface area contributed by atoms with Crippen molar-refractivity contribution in [2.75, 3.05) is 14.2 Å². The van der Waals surface area contributed by atoms with E-state index >= 15 is 0 Å². The van der Waals surface area contributed by atoms with Crippen LogP contribution in [0, 0.1) is 3.57 Å². The Morgan fingerprint density at radius 1 is 1.39 bits per heavy atom. The quantitative estimate of drug-likeness (QED) is 0.628. The van der Waals surface area contributed by atoms with E-state index in [-0.39, 0.29) is 11.9 Å². The zero-order chi connectivity index (χ0) is 13.7. The first-order chi connectivity index (χ1) is 8.49. The van der Waals surface area contributed by atoms with Gasteiger partial charge in [0.05, 0.1) is 11.6 Å². The van der Waals surface area contributed by atoms with Crippen molar-refractivity contribution in [1.29, 1.82) is 0 Å². The Morgan fingerprint density at radius 3 is 2.56 bits per heavy atom. The minimum atomic E-state index is -0.481. The number of methoxy groups -OCH3 is 2. The smallest absolute Gasteiger partial charge is 0.252 e. The van der Waals surface area contributed by atoms with Gasteiger partial charge in [-0.2, -0.15) is 0 Å². The molecule has 0 aliphatic carbocycles. The number of carbonyl (C=O) groups is 1. The molecule has 0 bridgehead atoms. The average Bonchev–Trinajstić information content (AvgIpc) is 2.33. The Hall–Kier alpha value is -0.370. The second kappa shape index (κ2) is 7.28. The normalized spacial score (nSPS) is 12.6. The highest BCUT2D eigenvalue weighted by Gasteiger charge is 2.20. The predicted molar refractivity (Wildman–Crippen MR) is 78.9 cm³/mol. The van der Waals surface area contributed by atoms with Gasteiger partial charge in [-0.05, 0) is 47.7 Å². The van der Waals surface area contributed by atoms with Crippen LogP contribution in [0.5, 0.6) is 0 Å². The van der Waals surface area contributed by atoms with Crippen molar-refractivity contribution in [1.82, 2.24) is 5.32 Å². The van der Waals surface area contributed by atoms with Gasteiger partial charge in [-0.3, -0.25) is 4.79 Å². The molecule has 0 spiro atoms. The van der Waals surface area contributed by atoms with Crippen LogP contribution in [-0.4, -0.2) is 32.5 Å². The van der Waals surface area contributed by atoms with Crippen LogP contribution in [0.25, 0.3) is 0 Å². The van der Waals surface area contributed by atoms with Gasteiger partial charge in [0.1, 0.15) is 0 Å². The van der Waals surface area contributed by atoms with E-state index in [2.05, 4.69) is 27.9 Å². The van der Waals surface area contributed by atoms with Gasteiger partial charge in [-0.25, -0.2) is 0 Å². The highest BCUT2D eigenvalue weighted by molar-refractivity contribution is 14.1. The van der Waals surface area contributed by atoms with E-state index in [1.54, 1.807) is 18.2 Å². The lowest BCUT2D eigenvalue weighted by Crippen LogP contribution is -2.43. The van der Waals surface area contributed by atoms with E-state index in [0.717, 1.165) is 3.57 Å². The second-order valence-corrected chi connectivity index (χ2v) is 5.32. The van der Waals surface area contributed by atoms with Crippen molar-refractivity contribution in [3.05, 3.63) is 32.4 Å². The molecule has 0 radical (unpaired) electrons. The number of hydrogen-bond donors (Lipinski definition) is 1. The van der Waals surface area contributed by atoms with Crippen LogP contribution in [0.2, 0.25) is 5.02 Å². The minimum Gasteiger partial charge on any atom is -0.354 e. The van der Waals surface area contributed by atoms with E-state index in [1.165, 1.54) is 14.2 Å². The number of nitrogens with one attached hydrogen (secondary N) is 1. The number of hydrogen-bond acceptors (Lipinski definition) is 3. The first kappa shape index (κ1) is 15.7. The average molecular weight is 384 g/mol. The molecule has 0 saturated carbocycles. The molecule has 1 rings (SSSR count). The molecule has 1 aromatic carbocycles. The third-order valence-corrected chi connectivity index (χ3v) is 3.58. The summed E-state index contributed by atoms with van der Waals surface area (Å²) in [4.78, 5) is 12.1. The van der Waals surface area contributed by atoms with Gasteiger partial charge < -0.3 is 14.8 Å². The Morgan fingerprint density at radius 2 is 2.00 bits per heavy atom. The zero-order valence-corrected chi connectivity index (χ0v) is 13.3. The predicted octanol–water partition coefficient (Wildman–Crippen LogP) is 2.68. The van der Waals surface area contributed by atoms with Crippen LogP contribution in [-0.2, 0) is 9.47 Å². The molecule has 0 aliphatic rings. The van der Waals surface area contributed by atoms with E-state index in [4.69, 9.17) is 21.1 Å². The summed E-state index contributed by atoms with van der Waals surface area (Å²) in [5.41, 5.74) is 0.543. The fourth-order valence-electron chi connectivity index (χ4n) is 1.53. The van der Waals surface area contributed by atoms with Crippen molar-refractivity contribution < 1.29 is 14.3 Å². The molecule has 1 N–H and O–H groups in total. The maximum Gasteiger partial charge on any atom is 0.252 e. The van der Waals surface area contributed by atoms with Crippen LogP contribution in [0.3, 0.4) is 0 Å². The third-order valence-electron chi connectivity index (χ3n) is 2.40. The van der Waals surface area contributed by atoms with Crippen molar-refractivity contribution in [3.8, 4) is 0 Å². The van der Waals surface area contributed by atoms with Gasteiger partial charge >= 0.3 is 0 Å². The number of ether oxygens (including phenoxy) is 2. The van der Waals surface area contributed by atoms with Crippen molar-refractivity contribution in [3.63, 3.8) is 0 Å². The van der Waals surface area contributed by atoms with E-state index in [0.29, 0.717) is 10.6 Å². The van der Waals surface area contributed by atoms with Crippen molar-refractivity contribution >= 4 is 40.1 Å². The van der Waals surface area contributed by atoms with Crippen LogP contribution in [0.4, 0.5) is 0 Å². The standard InChI is InChI=1S/C12H15ClINO3/c1-7(12(17-2)18-3)15-11(16)9-6-8(13)4-5-10(9)14/h4-7,12H,1-3H3,(H,15,16). The van der Waals surface area contributed by atoms with Gasteiger partial charge in [0, 0.05) is 22.8 Å². The molecule has 18 heavy (non-hydrogen) atoms. The highest BCUT2D eigenvalue weighted by atomic mass is 127. The molecule has 0 aromatic heterocycles. The number of halogens is 2. The van der Waals surface area contributed by atoms with E-state index < -0.39 is 6.29 Å². The molecule has 0 saturated heterocycles. The number of benzene rings is 1. The monoisotopic (exact) mass is 383 g/mol. The largest absolute Gasteiger partial charge is 0.354 e. The van der Waals surface area contributed by atoms with Gasteiger partial charge in [0.2, 0.25) is 0 Å². The SMILES string of the molecule is COC(OC)C(C)NC(=O)c1cc(Cl)ccc1I. The number of rotatable bonds is 5. The molecule has 0 heterocycles. The van der Waals surface area contributed by atoms with Crippen molar-refractivity contribution in [2.24, 2.45) is 0 Å². The summed E-state index contributed by atoms with van der Waals surface area (Å²) in [7, 11) is 3.06. The van der Waals surface area contributed by atoms with Gasteiger partial charge in [-0.15, -0.1) is 0 Å². The summed E-state index contributed by atoms with van der Waals surface area (Å²) in [5.74, 6) is -0.200. The maximum absolute atomic E-state index is 12.1. The van der Waals surface area contributed by atoms with Gasteiger partial charge in [0.15, 0.2) is 6.29 Å². The molecular formula is C12H15ClINO3. The molecule has 1 atom stereocenters. The molecule has 0 aliphatic heterocycles. The Bertz CT molecular complexity index is 424. The number of amides is 1. The molecule has 1 aromatic rings. The highest BCUT2D eigenvalue weighted by Crippen LogP contribution is 2.18. The van der Waals surface area contributed by atoms with Gasteiger partial charge in [-0.1, -0.05) is 11.6 Å². The van der Waals surface area contributed by atoms with Crippen LogP contribution in [0.15, 0.2) is 18.2 Å². The summed E-state index contributed by atoms with van der Waals surface area (Å²) in [5, 5.41) is 3.34. The summed E-state index contributed by atoms with van der Waals surface area (Å²) < 4.78 is 11.0. The fraction of sp³-hybridized carbons (Fsp3) is 0.417. The topological polar surface area (TPSA) is 47.6 Å². The molecule has 0 fully saturated rings. The summed E-state index contributed by atoms with van der Waals surface area (Å²) in [6, 6.07) is 4.92. The Balaban J connectivity index is 2.79. The zero-order valence-electron chi connectivity index (χ0n) is 10.4. The summed E-state index contributed by atoms with van der Waals surface area (Å²) >= 11 is 7.97. The lowest BCUT2D eigenvalue weighted by Gasteiger charge is -2.22. The van der Waals surface area contributed by atoms with E-state index in [1.807, 2.05) is 6.92 Å². The molecule has 1 amide bonds. The summed E-state index contributed by atoms with van der Waals surface area (Å²) in [6.45, 7) is 1.81. The molecular weight excluding hydrogens is 368 g/mol. The van der Waals surface area contributed by atoms with Gasteiger partial charge in [0.25, 0.3) is 5.91 Å². The second-order valence-electron chi connectivity index (χ2n) is 3.73. The van der Waals surface area contributed by atoms with E-state index in [9.17, 15) is 4.79 Å². The molecule has 100 valence electrons. The molecule has 6 heteroatoms. The van der Waals surface area contributed by atoms with Crippen LogP contribution >= 0.6 is 34.2 Å². The van der Waals surface area contributed by atoms with Crippen LogP contribution < -0.4 is 5.32 Å². The lowest BCUT2D eigenvalue weighted by atomic mass is 10.2. The first-order valence-corrected chi connectivity index (χ1v) is 6.76. The molecule has 1 unspecified atom stereocenters. The van der Waals surface area contributed by atoms with Crippen molar-refractivity contribution in [2.45, 2.75) is 19.3 Å². The Kier molecular flexibility index (Phi) is 6.34. The molecule has 4 nitrogen and oxygen atoms in total. The third kappa shape index (κ3) is 4.08. The minimum absolute atomic E-state index is 0.200. The first-order valence-electron chi connectivity index (χ1n) is 5.31. The Labute approximate surface area is 125 Å². The fourth-order valence-corrected chi connectivity index (χ4v) is 2.28. The maximum atomic E-state index is 12.1.